The Balaban J connectivity index is 1.44. The molecular formula is C21H27F2N5O2S. The number of amides is 1. The van der Waals surface area contributed by atoms with Crippen LogP contribution >= 0.6 is 11.8 Å². The summed E-state index contributed by atoms with van der Waals surface area (Å²) in [6.07, 6.45) is 4.36. The van der Waals surface area contributed by atoms with Crippen molar-refractivity contribution in [3.8, 4) is 0 Å². The van der Waals surface area contributed by atoms with E-state index in [-0.39, 0.29) is 17.5 Å². The average molecular weight is 452 g/mol. The van der Waals surface area contributed by atoms with Gasteiger partial charge in [0.2, 0.25) is 11.9 Å². The van der Waals surface area contributed by atoms with Gasteiger partial charge in [0.25, 0.3) is 0 Å². The highest BCUT2D eigenvalue weighted by Gasteiger charge is 2.26. The van der Waals surface area contributed by atoms with Gasteiger partial charge in [0.05, 0.1) is 24.1 Å². The molecule has 1 aromatic carbocycles. The maximum Gasteiger partial charge on any atom is 0.234 e. The Morgan fingerprint density at radius 3 is 2.77 bits per heavy atom. The topological polar surface area (TPSA) is 72.3 Å². The summed E-state index contributed by atoms with van der Waals surface area (Å²) in [6, 6.07) is 3.06. The van der Waals surface area contributed by atoms with E-state index in [9.17, 15) is 13.6 Å². The molecule has 4 rings (SSSR count). The molecule has 2 aliphatic rings. The van der Waals surface area contributed by atoms with Crippen molar-refractivity contribution < 1.29 is 18.3 Å². The number of aromatic nitrogens is 3. The van der Waals surface area contributed by atoms with Gasteiger partial charge in [0, 0.05) is 25.8 Å². The van der Waals surface area contributed by atoms with Crippen LogP contribution in [0, 0.1) is 17.6 Å². The number of carbonyl (C=O) groups is 1. The first kappa shape index (κ1) is 22.0. The van der Waals surface area contributed by atoms with Gasteiger partial charge in [-0.05, 0) is 43.7 Å². The number of rotatable bonds is 7. The van der Waals surface area contributed by atoms with Crippen LogP contribution in [0.15, 0.2) is 23.4 Å². The minimum absolute atomic E-state index is 0.0392. The lowest BCUT2D eigenvalue weighted by Gasteiger charge is -2.31. The molecule has 0 spiro atoms. The van der Waals surface area contributed by atoms with Crippen LogP contribution in [-0.4, -0.2) is 52.2 Å². The molecule has 7 nitrogen and oxygen atoms in total. The summed E-state index contributed by atoms with van der Waals surface area (Å²) in [5.74, 6) is -0.328. The number of halogens is 2. The Morgan fingerprint density at radius 1 is 1.26 bits per heavy atom. The fourth-order valence-corrected chi connectivity index (χ4v) is 4.63. The van der Waals surface area contributed by atoms with Crippen LogP contribution in [0.2, 0.25) is 0 Å². The smallest absolute Gasteiger partial charge is 0.234 e. The number of nitrogens with zero attached hydrogens (tertiary/aromatic N) is 4. The molecule has 0 radical (unpaired) electrons. The number of hydrogen-bond acceptors (Lipinski definition) is 6. The molecule has 0 aliphatic carbocycles. The van der Waals surface area contributed by atoms with Gasteiger partial charge in [0.15, 0.2) is 5.16 Å². The van der Waals surface area contributed by atoms with E-state index in [2.05, 4.69) is 27.3 Å². The van der Waals surface area contributed by atoms with Crippen LogP contribution in [0.1, 0.15) is 32.6 Å². The molecule has 1 aromatic heterocycles. The number of carbonyl (C=O) groups excluding carboxylic acids is 1. The first-order valence-electron chi connectivity index (χ1n) is 10.7. The van der Waals surface area contributed by atoms with E-state index in [4.69, 9.17) is 4.74 Å². The highest BCUT2D eigenvalue weighted by Crippen LogP contribution is 2.28. The first-order chi connectivity index (χ1) is 15.0. The van der Waals surface area contributed by atoms with Crippen molar-refractivity contribution in [3.63, 3.8) is 0 Å². The molecule has 3 heterocycles. The first-order valence-corrected chi connectivity index (χ1v) is 11.7. The van der Waals surface area contributed by atoms with Gasteiger partial charge < -0.3 is 15.0 Å². The summed E-state index contributed by atoms with van der Waals surface area (Å²) in [4.78, 5) is 14.6. The zero-order chi connectivity index (χ0) is 21.8. The Bertz CT molecular complexity index is 911. The summed E-state index contributed by atoms with van der Waals surface area (Å²) < 4.78 is 34.7. The minimum atomic E-state index is -0.804. The number of benzene rings is 1. The van der Waals surface area contributed by atoms with E-state index in [1.54, 1.807) is 0 Å². The predicted octanol–water partition coefficient (Wildman–Crippen LogP) is 3.70. The van der Waals surface area contributed by atoms with Crippen molar-refractivity contribution in [2.24, 2.45) is 5.92 Å². The molecule has 1 atom stereocenters. The molecule has 2 aromatic rings. The largest absolute Gasteiger partial charge is 0.376 e. The number of hydrogen-bond donors (Lipinski definition) is 1. The molecule has 1 amide bonds. The van der Waals surface area contributed by atoms with Crippen LogP contribution < -0.4 is 10.2 Å². The number of ether oxygens (including phenoxy) is 1. The summed E-state index contributed by atoms with van der Waals surface area (Å²) in [6.45, 7) is 5.53. The van der Waals surface area contributed by atoms with Crippen LogP contribution in [0.25, 0.3) is 0 Å². The molecule has 0 saturated carbocycles. The van der Waals surface area contributed by atoms with Crippen molar-refractivity contribution in [1.82, 2.24) is 14.8 Å². The molecule has 10 heteroatoms. The van der Waals surface area contributed by atoms with E-state index < -0.39 is 17.5 Å². The predicted molar refractivity (Wildman–Crippen MR) is 115 cm³/mol. The maximum absolute atomic E-state index is 13.8. The zero-order valence-electron chi connectivity index (χ0n) is 17.5. The second-order valence-electron chi connectivity index (χ2n) is 8.16. The molecular weight excluding hydrogens is 424 g/mol. The van der Waals surface area contributed by atoms with Crippen molar-refractivity contribution in [1.29, 1.82) is 0 Å². The Hall–Kier alpha value is -2.20. The fourth-order valence-electron chi connectivity index (χ4n) is 3.89. The third kappa shape index (κ3) is 5.54. The zero-order valence-corrected chi connectivity index (χ0v) is 18.3. The second-order valence-corrected chi connectivity index (χ2v) is 9.10. The van der Waals surface area contributed by atoms with Crippen molar-refractivity contribution >= 4 is 29.3 Å². The summed E-state index contributed by atoms with van der Waals surface area (Å²) in [7, 11) is 0. The van der Waals surface area contributed by atoms with Gasteiger partial charge in [0.1, 0.15) is 11.6 Å². The van der Waals surface area contributed by atoms with Gasteiger partial charge in [-0.15, -0.1) is 10.2 Å². The molecule has 2 fully saturated rings. The number of anilines is 2. The lowest BCUT2D eigenvalue weighted by atomic mass is 10.00. The molecule has 2 aliphatic heterocycles. The van der Waals surface area contributed by atoms with Crippen LogP contribution in [-0.2, 0) is 16.1 Å². The van der Waals surface area contributed by atoms with Crippen molar-refractivity contribution in [2.75, 3.05) is 35.7 Å². The van der Waals surface area contributed by atoms with E-state index in [1.165, 1.54) is 17.8 Å². The molecule has 168 valence electrons. The molecule has 2 saturated heterocycles. The van der Waals surface area contributed by atoms with Crippen LogP contribution in [0.4, 0.5) is 20.4 Å². The van der Waals surface area contributed by atoms with E-state index >= 15 is 0 Å². The van der Waals surface area contributed by atoms with Crippen LogP contribution in [0.5, 0.6) is 0 Å². The normalized spacial score (nSPS) is 19.7. The highest BCUT2D eigenvalue weighted by atomic mass is 32.2. The summed E-state index contributed by atoms with van der Waals surface area (Å²) in [5, 5.41) is 11.9. The average Bonchev–Trinajstić information content (AvgIpc) is 3.40. The van der Waals surface area contributed by atoms with Gasteiger partial charge in [-0.2, -0.15) is 0 Å². The van der Waals surface area contributed by atoms with Gasteiger partial charge in [-0.3, -0.25) is 9.36 Å². The highest BCUT2D eigenvalue weighted by molar-refractivity contribution is 7.99. The fraction of sp³-hybridized carbons (Fsp3) is 0.571. The Morgan fingerprint density at radius 2 is 2.06 bits per heavy atom. The Kier molecular flexibility index (Phi) is 7.06. The molecule has 31 heavy (non-hydrogen) atoms. The molecule has 0 bridgehead atoms. The van der Waals surface area contributed by atoms with E-state index in [1.807, 2.05) is 4.57 Å². The Labute approximate surface area is 184 Å². The summed E-state index contributed by atoms with van der Waals surface area (Å²) >= 11 is 1.25. The standard InChI is InChI=1S/C21H27F2N5O2S/c1-14-6-8-27(9-7-14)20-25-26-21(28(20)12-16-3-2-10-30-16)31-13-19(29)24-18-5-4-15(22)11-17(18)23/h4-5,11,14,16H,2-3,6-10,12-13H2,1H3,(H,24,29). The molecule has 1 N–H and O–H groups in total. The second kappa shape index (κ2) is 9.95. The number of thioether (sulfide) groups is 1. The van der Waals surface area contributed by atoms with Gasteiger partial charge >= 0.3 is 0 Å². The van der Waals surface area contributed by atoms with Crippen molar-refractivity contribution in [3.05, 3.63) is 29.8 Å². The van der Waals surface area contributed by atoms with E-state index in [0.29, 0.717) is 17.6 Å². The lowest BCUT2D eigenvalue weighted by molar-refractivity contribution is -0.113. The number of nitrogens with one attached hydrogen (secondary N) is 1. The SMILES string of the molecule is CC1CCN(c2nnc(SCC(=O)Nc3ccc(F)cc3F)n2CC2CCCO2)CC1. The summed E-state index contributed by atoms with van der Waals surface area (Å²) in [5.41, 5.74) is -0.0454. The van der Waals surface area contributed by atoms with Gasteiger partial charge in [-0.1, -0.05) is 18.7 Å². The monoisotopic (exact) mass is 451 g/mol. The molecule has 1 unspecified atom stereocenters. The van der Waals surface area contributed by atoms with Crippen LogP contribution in [0.3, 0.4) is 0 Å². The lowest BCUT2D eigenvalue weighted by Crippen LogP contribution is -2.35. The third-order valence-electron chi connectivity index (χ3n) is 5.71. The maximum atomic E-state index is 13.8. The van der Waals surface area contributed by atoms with Gasteiger partial charge in [-0.25, -0.2) is 8.78 Å². The third-order valence-corrected chi connectivity index (χ3v) is 6.68. The van der Waals surface area contributed by atoms with Crippen molar-refractivity contribution in [2.45, 2.75) is 50.4 Å². The minimum Gasteiger partial charge on any atom is -0.376 e. The quantitative estimate of drug-likeness (QED) is 0.648. The number of piperidine rings is 1. The van der Waals surface area contributed by atoms with E-state index in [0.717, 1.165) is 63.5 Å².